The molecule has 0 aromatic carbocycles. The molecule has 17 atom stereocenters. The zero-order valence-electron chi connectivity index (χ0n) is 47.5. The zero-order chi connectivity index (χ0) is 56.2. The van der Waals surface area contributed by atoms with E-state index in [-0.39, 0.29) is 18.9 Å². The summed E-state index contributed by atoms with van der Waals surface area (Å²) in [7, 11) is 0. The molecular formula is C58H111NO18. The predicted molar refractivity (Wildman–Crippen MR) is 291 cm³/mol. The molecule has 0 aliphatic carbocycles. The Bertz CT molecular complexity index is 1420. The van der Waals surface area contributed by atoms with Gasteiger partial charge in [-0.3, -0.25) is 4.79 Å². The van der Waals surface area contributed by atoms with Crippen LogP contribution in [0.4, 0.5) is 0 Å². The van der Waals surface area contributed by atoms with Gasteiger partial charge in [-0.25, -0.2) is 0 Å². The molecule has 0 spiro atoms. The smallest absolute Gasteiger partial charge is 0.220 e. The van der Waals surface area contributed by atoms with Crippen molar-refractivity contribution in [2.75, 3.05) is 26.4 Å². The minimum Gasteiger partial charge on any atom is -0.394 e. The average Bonchev–Trinajstić information content (AvgIpc) is 3.42. The number of unbranched alkanes of at least 4 members (excludes halogenated alkanes) is 30. The van der Waals surface area contributed by atoms with Gasteiger partial charge >= 0.3 is 0 Å². The van der Waals surface area contributed by atoms with E-state index in [1.807, 2.05) is 0 Å². The van der Waals surface area contributed by atoms with Gasteiger partial charge in [-0.2, -0.15) is 0 Å². The fourth-order valence-electron chi connectivity index (χ4n) is 10.8. The molecule has 0 aromatic heterocycles. The summed E-state index contributed by atoms with van der Waals surface area (Å²) in [5.41, 5.74) is 0. The van der Waals surface area contributed by atoms with Crippen LogP contribution in [-0.2, 0) is 33.2 Å². The third-order valence-electron chi connectivity index (χ3n) is 15.9. The normalized spacial score (nSPS) is 30.6. The number of carbonyl (C=O) groups is 1. The first-order valence-corrected chi connectivity index (χ1v) is 30.8. The Balaban J connectivity index is 1.31. The van der Waals surface area contributed by atoms with Gasteiger partial charge in [0.1, 0.15) is 73.2 Å². The minimum absolute atomic E-state index is 0.247. The number of hydrogen-bond acceptors (Lipinski definition) is 18. The van der Waals surface area contributed by atoms with E-state index in [2.05, 4.69) is 19.2 Å². The highest BCUT2D eigenvalue weighted by Gasteiger charge is 2.53. The van der Waals surface area contributed by atoms with E-state index in [1.54, 1.807) is 0 Å². The second kappa shape index (κ2) is 42.6. The summed E-state index contributed by atoms with van der Waals surface area (Å²) in [5, 5.41) is 119. The van der Waals surface area contributed by atoms with Crippen LogP contribution in [-0.4, -0.2) is 193 Å². The molecule has 3 aliphatic heterocycles. The minimum atomic E-state index is -1.97. The van der Waals surface area contributed by atoms with E-state index in [0.717, 1.165) is 44.9 Å². The lowest BCUT2D eigenvalue weighted by atomic mass is 9.96. The second-order valence-electron chi connectivity index (χ2n) is 22.5. The summed E-state index contributed by atoms with van der Waals surface area (Å²) < 4.78 is 34.1. The standard InChI is InChI=1S/C58H111NO18/c1-3-5-7-9-10-11-12-13-14-15-16-17-18-19-20-21-22-23-24-25-26-27-28-29-30-31-32-34-36-46(64)59-41(42(63)35-33-8-6-4-2)40-72-56-52(70)49(67)54(44(38-61)74-56)77-58-53(71)50(68)55(45(39-62)75-58)76-57-51(69)48(66)47(65)43(37-60)73-57/h41-45,47-58,60-63,65-71H,3-40H2,1-2H3,(H,59,64). The third kappa shape index (κ3) is 26.7. The van der Waals surface area contributed by atoms with Crippen molar-refractivity contribution < 1.29 is 89.4 Å². The summed E-state index contributed by atoms with van der Waals surface area (Å²) in [4.78, 5) is 13.2. The number of ether oxygens (including phenoxy) is 6. The number of rotatable bonds is 46. The van der Waals surface area contributed by atoms with Crippen LogP contribution in [0.15, 0.2) is 0 Å². The van der Waals surface area contributed by atoms with E-state index < -0.39 is 124 Å². The van der Waals surface area contributed by atoms with Gasteiger partial charge in [0, 0.05) is 6.42 Å². The van der Waals surface area contributed by atoms with E-state index in [1.165, 1.54) is 154 Å². The Kier molecular flexibility index (Phi) is 38.7. The van der Waals surface area contributed by atoms with Gasteiger partial charge in [0.2, 0.25) is 5.91 Å². The molecule has 3 aliphatic rings. The fraction of sp³-hybridized carbons (Fsp3) is 0.983. The summed E-state index contributed by atoms with van der Waals surface area (Å²) >= 11 is 0. The van der Waals surface area contributed by atoms with Gasteiger partial charge in [0.15, 0.2) is 18.9 Å². The van der Waals surface area contributed by atoms with Gasteiger partial charge in [0.25, 0.3) is 0 Å². The molecule has 17 unspecified atom stereocenters. The Morgan fingerprint density at radius 3 is 1.13 bits per heavy atom. The van der Waals surface area contributed by atoms with Gasteiger partial charge in [-0.15, -0.1) is 0 Å². The van der Waals surface area contributed by atoms with Crippen molar-refractivity contribution >= 4 is 5.91 Å². The molecule has 19 nitrogen and oxygen atoms in total. The largest absolute Gasteiger partial charge is 0.394 e. The quantitative estimate of drug-likeness (QED) is 0.0330. The molecular weight excluding hydrogens is 999 g/mol. The molecule has 0 radical (unpaired) electrons. The molecule has 19 heteroatoms. The number of aliphatic hydroxyl groups excluding tert-OH is 11. The molecule has 3 fully saturated rings. The number of aliphatic hydroxyl groups is 11. The van der Waals surface area contributed by atoms with Crippen LogP contribution in [0.5, 0.6) is 0 Å². The molecule has 3 saturated heterocycles. The van der Waals surface area contributed by atoms with Crippen LogP contribution in [0.25, 0.3) is 0 Å². The predicted octanol–water partition coefficient (Wildman–Crippen LogP) is 5.60. The number of hydrogen-bond donors (Lipinski definition) is 12. The molecule has 0 bridgehead atoms. The highest BCUT2D eigenvalue weighted by Crippen LogP contribution is 2.33. The third-order valence-corrected chi connectivity index (χ3v) is 15.9. The van der Waals surface area contributed by atoms with Crippen LogP contribution >= 0.6 is 0 Å². The van der Waals surface area contributed by atoms with Crippen molar-refractivity contribution in [3.05, 3.63) is 0 Å². The summed E-state index contributed by atoms with van der Waals surface area (Å²) in [5.74, 6) is -0.247. The van der Waals surface area contributed by atoms with Crippen LogP contribution in [0.1, 0.15) is 232 Å². The molecule has 456 valence electrons. The highest BCUT2D eigenvalue weighted by atomic mass is 16.8. The molecule has 3 heterocycles. The topological polar surface area (TPSA) is 307 Å². The van der Waals surface area contributed by atoms with Gasteiger partial charge in [-0.1, -0.05) is 213 Å². The zero-order valence-corrected chi connectivity index (χ0v) is 47.5. The van der Waals surface area contributed by atoms with E-state index in [9.17, 15) is 61.0 Å². The number of carbonyl (C=O) groups excluding carboxylic acids is 1. The first-order chi connectivity index (χ1) is 37.3. The molecule has 0 saturated carbocycles. The lowest BCUT2D eigenvalue weighted by molar-refractivity contribution is -0.379. The maximum Gasteiger partial charge on any atom is 0.220 e. The summed E-state index contributed by atoms with van der Waals surface area (Å²) in [6.07, 6.45) is 14.6. The van der Waals surface area contributed by atoms with E-state index in [4.69, 9.17) is 28.4 Å². The van der Waals surface area contributed by atoms with E-state index >= 15 is 0 Å². The molecule has 0 aromatic rings. The first-order valence-electron chi connectivity index (χ1n) is 30.8. The lowest BCUT2D eigenvalue weighted by Gasteiger charge is -2.48. The van der Waals surface area contributed by atoms with Crippen molar-refractivity contribution in [2.45, 2.75) is 336 Å². The fourth-order valence-corrected chi connectivity index (χ4v) is 10.8. The van der Waals surface area contributed by atoms with Crippen LogP contribution < -0.4 is 5.32 Å². The Labute approximate surface area is 462 Å². The molecule has 12 N–H and O–H groups in total. The average molecular weight is 1110 g/mol. The Morgan fingerprint density at radius 2 is 0.740 bits per heavy atom. The van der Waals surface area contributed by atoms with Gasteiger partial charge in [-0.05, 0) is 12.8 Å². The summed E-state index contributed by atoms with van der Waals surface area (Å²) in [6.45, 7) is 1.67. The second-order valence-corrected chi connectivity index (χ2v) is 22.5. The molecule has 3 rings (SSSR count). The van der Waals surface area contributed by atoms with Gasteiger partial charge in [0.05, 0.1) is 38.6 Å². The van der Waals surface area contributed by atoms with Crippen molar-refractivity contribution in [2.24, 2.45) is 0 Å². The van der Waals surface area contributed by atoms with Crippen LogP contribution in [0.2, 0.25) is 0 Å². The Hall–Kier alpha value is -1.21. The Morgan fingerprint density at radius 1 is 0.416 bits per heavy atom. The van der Waals surface area contributed by atoms with Crippen molar-refractivity contribution in [3.63, 3.8) is 0 Å². The molecule has 1 amide bonds. The molecule has 77 heavy (non-hydrogen) atoms. The first kappa shape index (κ1) is 70.1. The maximum absolute atomic E-state index is 13.2. The van der Waals surface area contributed by atoms with Crippen molar-refractivity contribution in [1.82, 2.24) is 5.32 Å². The van der Waals surface area contributed by atoms with Crippen molar-refractivity contribution in [3.8, 4) is 0 Å². The monoisotopic (exact) mass is 1110 g/mol. The highest BCUT2D eigenvalue weighted by molar-refractivity contribution is 5.76. The van der Waals surface area contributed by atoms with E-state index in [0.29, 0.717) is 12.8 Å². The number of amides is 1. The summed E-state index contributed by atoms with van der Waals surface area (Å²) in [6, 6.07) is -0.877. The SMILES string of the molecule is CCCCCCCCCCCCCCCCCCCCCCCCCCCCCCC(=O)NC(COC1OC(CO)C(OC2OC(CO)C(OC3OC(CO)C(O)C(O)C3O)C(O)C2O)C(O)C1O)C(O)CCCCCC. The van der Waals surface area contributed by atoms with Crippen molar-refractivity contribution in [1.29, 1.82) is 0 Å². The maximum atomic E-state index is 13.2. The van der Waals surface area contributed by atoms with Gasteiger partial charge < -0.3 is 89.9 Å². The van der Waals surface area contributed by atoms with Crippen LogP contribution in [0, 0.1) is 0 Å². The lowest BCUT2D eigenvalue weighted by Crippen LogP contribution is -2.66. The number of nitrogens with one attached hydrogen (secondary N) is 1. The van der Waals surface area contributed by atoms with Crippen LogP contribution in [0.3, 0.4) is 0 Å².